The van der Waals surface area contributed by atoms with Gasteiger partial charge in [0.15, 0.2) is 0 Å². The van der Waals surface area contributed by atoms with E-state index in [0.717, 1.165) is 5.69 Å². The number of anilines is 1. The Morgan fingerprint density at radius 2 is 2.53 bits per heavy atom. The molecule has 0 bridgehead atoms. The lowest BCUT2D eigenvalue weighted by Crippen LogP contribution is -2.35. The number of pyridine rings is 1. The molecular weight excluding hydrogens is 190 g/mol. The second-order valence-corrected chi connectivity index (χ2v) is 3.31. The highest BCUT2D eigenvalue weighted by Gasteiger charge is 2.11. The van der Waals surface area contributed by atoms with Crippen molar-refractivity contribution in [1.29, 1.82) is 0 Å². The molecule has 0 aliphatic carbocycles. The number of rotatable bonds is 4. The topological polar surface area (TPSA) is 68.0 Å². The highest BCUT2D eigenvalue weighted by atomic mass is 16.2. The minimum Gasteiger partial charge on any atom is -0.325 e. The summed E-state index contributed by atoms with van der Waals surface area (Å²) in [6.07, 6.45) is 3.74. The summed E-state index contributed by atoms with van der Waals surface area (Å²) < 4.78 is 0. The first-order valence-corrected chi connectivity index (χ1v) is 4.73. The van der Waals surface area contributed by atoms with Gasteiger partial charge in [-0.15, -0.1) is 6.58 Å². The lowest BCUT2D eigenvalue weighted by atomic mass is 10.2. The molecule has 1 unspecified atom stereocenters. The summed E-state index contributed by atoms with van der Waals surface area (Å²) in [5.41, 5.74) is 7.18. The van der Waals surface area contributed by atoms with Crippen LogP contribution in [0.15, 0.2) is 31.0 Å². The van der Waals surface area contributed by atoms with Crippen molar-refractivity contribution in [3.05, 3.63) is 36.7 Å². The number of nitrogens with two attached hydrogens (primary N) is 1. The molecule has 0 radical (unpaired) electrons. The predicted octanol–water partition coefficient (Wildman–Crippen LogP) is 1.23. The van der Waals surface area contributed by atoms with Crippen LogP contribution >= 0.6 is 0 Å². The van der Waals surface area contributed by atoms with Gasteiger partial charge in [-0.2, -0.15) is 0 Å². The highest BCUT2D eigenvalue weighted by Crippen LogP contribution is 2.07. The van der Waals surface area contributed by atoms with Gasteiger partial charge in [-0.05, 0) is 25.5 Å². The van der Waals surface area contributed by atoms with Crippen LogP contribution in [0.1, 0.15) is 12.1 Å². The maximum Gasteiger partial charge on any atom is 0.241 e. The van der Waals surface area contributed by atoms with Gasteiger partial charge in [0.25, 0.3) is 0 Å². The fraction of sp³-hybridized carbons (Fsp3) is 0.273. The van der Waals surface area contributed by atoms with E-state index in [2.05, 4.69) is 16.9 Å². The van der Waals surface area contributed by atoms with E-state index in [0.29, 0.717) is 12.1 Å². The Kier molecular flexibility index (Phi) is 4.00. The van der Waals surface area contributed by atoms with Gasteiger partial charge in [-0.25, -0.2) is 0 Å². The average Bonchev–Trinajstić information content (AvgIpc) is 2.18. The molecule has 80 valence electrons. The Bertz CT molecular complexity index is 363. The number of amides is 1. The Balaban J connectivity index is 2.62. The summed E-state index contributed by atoms with van der Waals surface area (Å²) >= 11 is 0. The molecule has 0 aliphatic rings. The molecule has 3 N–H and O–H groups in total. The molecule has 0 saturated carbocycles. The maximum atomic E-state index is 11.5. The third-order valence-corrected chi connectivity index (χ3v) is 1.92. The van der Waals surface area contributed by atoms with E-state index in [1.54, 1.807) is 24.4 Å². The maximum absolute atomic E-state index is 11.5. The molecule has 0 aromatic carbocycles. The minimum atomic E-state index is -0.545. The van der Waals surface area contributed by atoms with Crippen molar-refractivity contribution in [1.82, 2.24) is 4.98 Å². The van der Waals surface area contributed by atoms with E-state index in [4.69, 9.17) is 5.73 Å². The third-order valence-electron chi connectivity index (χ3n) is 1.92. The molecule has 1 aromatic rings. The van der Waals surface area contributed by atoms with Gasteiger partial charge in [0.05, 0.1) is 6.04 Å². The summed E-state index contributed by atoms with van der Waals surface area (Å²) in [4.78, 5) is 15.5. The molecule has 4 heteroatoms. The normalized spacial score (nSPS) is 11.9. The van der Waals surface area contributed by atoms with Gasteiger partial charge in [-0.1, -0.05) is 6.08 Å². The van der Waals surface area contributed by atoms with Crippen molar-refractivity contribution in [3.8, 4) is 0 Å². The van der Waals surface area contributed by atoms with E-state index in [9.17, 15) is 4.79 Å². The number of carbonyl (C=O) groups is 1. The summed E-state index contributed by atoms with van der Waals surface area (Å²) in [6, 6.07) is 2.97. The smallest absolute Gasteiger partial charge is 0.241 e. The molecular formula is C11H15N3O. The van der Waals surface area contributed by atoms with Gasteiger partial charge in [-0.3, -0.25) is 9.78 Å². The highest BCUT2D eigenvalue weighted by molar-refractivity contribution is 5.94. The lowest BCUT2D eigenvalue weighted by Gasteiger charge is -2.10. The molecule has 15 heavy (non-hydrogen) atoms. The standard InChI is InChI=1S/C11H15N3O/c1-3-4-10(12)11(15)14-9-5-6-13-8(2)7-9/h3,5-7,10H,1,4,12H2,2H3,(H,13,14,15). The van der Waals surface area contributed by atoms with Crippen molar-refractivity contribution in [2.75, 3.05) is 5.32 Å². The fourth-order valence-electron chi connectivity index (χ4n) is 1.14. The summed E-state index contributed by atoms with van der Waals surface area (Å²) in [7, 11) is 0. The fourth-order valence-corrected chi connectivity index (χ4v) is 1.14. The van der Waals surface area contributed by atoms with Gasteiger partial charge < -0.3 is 11.1 Å². The van der Waals surface area contributed by atoms with Crippen LogP contribution in [0, 0.1) is 6.92 Å². The molecule has 1 heterocycles. The quantitative estimate of drug-likeness (QED) is 0.726. The Hall–Kier alpha value is -1.68. The van der Waals surface area contributed by atoms with Crippen LogP contribution in [-0.2, 0) is 4.79 Å². The van der Waals surface area contributed by atoms with Crippen LogP contribution in [0.25, 0.3) is 0 Å². The van der Waals surface area contributed by atoms with Crippen LogP contribution in [-0.4, -0.2) is 16.9 Å². The van der Waals surface area contributed by atoms with E-state index in [1.165, 1.54) is 0 Å². The third kappa shape index (κ3) is 3.52. The van der Waals surface area contributed by atoms with Crippen molar-refractivity contribution < 1.29 is 4.79 Å². The molecule has 0 saturated heterocycles. The van der Waals surface area contributed by atoms with Gasteiger partial charge >= 0.3 is 0 Å². The zero-order valence-corrected chi connectivity index (χ0v) is 8.73. The number of aromatic nitrogens is 1. The molecule has 0 aliphatic heterocycles. The number of nitrogens with zero attached hydrogens (tertiary/aromatic N) is 1. The SMILES string of the molecule is C=CCC(N)C(=O)Nc1ccnc(C)c1. The average molecular weight is 205 g/mol. The molecule has 1 atom stereocenters. The number of nitrogens with one attached hydrogen (secondary N) is 1. The van der Waals surface area contributed by atoms with Crippen LogP contribution in [0.4, 0.5) is 5.69 Å². The Labute approximate surface area is 89.2 Å². The van der Waals surface area contributed by atoms with Crippen LogP contribution < -0.4 is 11.1 Å². The molecule has 0 spiro atoms. The first-order valence-electron chi connectivity index (χ1n) is 4.73. The van der Waals surface area contributed by atoms with Crippen LogP contribution in [0.2, 0.25) is 0 Å². The van der Waals surface area contributed by atoms with E-state index in [1.807, 2.05) is 6.92 Å². The molecule has 1 aromatic heterocycles. The number of hydrogen-bond acceptors (Lipinski definition) is 3. The Morgan fingerprint density at radius 1 is 1.80 bits per heavy atom. The van der Waals surface area contributed by atoms with E-state index >= 15 is 0 Å². The minimum absolute atomic E-state index is 0.208. The second-order valence-electron chi connectivity index (χ2n) is 3.31. The van der Waals surface area contributed by atoms with Crippen molar-refractivity contribution in [2.24, 2.45) is 5.73 Å². The Morgan fingerprint density at radius 3 is 3.13 bits per heavy atom. The predicted molar refractivity (Wildman–Crippen MR) is 60.4 cm³/mol. The van der Waals surface area contributed by atoms with Crippen molar-refractivity contribution in [2.45, 2.75) is 19.4 Å². The summed E-state index contributed by atoms with van der Waals surface area (Å²) in [6.45, 7) is 5.39. The monoisotopic (exact) mass is 205 g/mol. The number of carbonyl (C=O) groups excluding carboxylic acids is 1. The van der Waals surface area contributed by atoms with Crippen molar-refractivity contribution in [3.63, 3.8) is 0 Å². The summed E-state index contributed by atoms with van der Waals surface area (Å²) in [5.74, 6) is -0.208. The van der Waals surface area contributed by atoms with Gasteiger partial charge in [0, 0.05) is 17.6 Å². The van der Waals surface area contributed by atoms with Crippen LogP contribution in [0.5, 0.6) is 0 Å². The first-order chi connectivity index (χ1) is 7.13. The molecule has 0 fully saturated rings. The van der Waals surface area contributed by atoms with Gasteiger partial charge in [0.2, 0.25) is 5.91 Å². The zero-order valence-electron chi connectivity index (χ0n) is 8.73. The van der Waals surface area contributed by atoms with Crippen molar-refractivity contribution >= 4 is 11.6 Å². The van der Waals surface area contributed by atoms with E-state index < -0.39 is 6.04 Å². The molecule has 1 rings (SSSR count). The lowest BCUT2D eigenvalue weighted by molar-refractivity contribution is -0.117. The largest absolute Gasteiger partial charge is 0.325 e. The van der Waals surface area contributed by atoms with E-state index in [-0.39, 0.29) is 5.91 Å². The second kappa shape index (κ2) is 5.26. The summed E-state index contributed by atoms with van der Waals surface area (Å²) in [5, 5.41) is 2.72. The van der Waals surface area contributed by atoms with Crippen LogP contribution in [0.3, 0.4) is 0 Å². The number of hydrogen-bond donors (Lipinski definition) is 2. The first kappa shape index (κ1) is 11.4. The zero-order chi connectivity index (χ0) is 11.3. The van der Waals surface area contributed by atoms with Gasteiger partial charge in [0.1, 0.15) is 0 Å². The molecule has 4 nitrogen and oxygen atoms in total. The molecule has 1 amide bonds. The number of aryl methyl sites for hydroxylation is 1.